The topological polar surface area (TPSA) is 35.8 Å². The van der Waals surface area contributed by atoms with Gasteiger partial charge in [0.25, 0.3) is 0 Å². The van der Waals surface area contributed by atoms with E-state index in [0.717, 1.165) is 0 Å². The van der Waals surface area contributed by atoms with Gasteiger partial charge in [-0.15, -0.1) is 0 Å². The highest BCUT2D eigenvalue weighted by Crippen LogP contribution is 2.18. The summed E-state index contributed by atoms with van der Waals surface area (Å²) in [5.74, 6) is -0.444. The lowest BCUT2D eigenvalue weighted by Gasteiger charge is -1.98. The number of benzene rings is 1. The first-order valence-electron chi connectivity index (χ1n) is 2.84. The number of nitrogens with zero attached hydrogens (tertiary/aromatic N) is 1. The molecule has 2 nitrogen and oxygen atoms in total. The predicted octanol–water partition coefficient (Wildman–Crippen LogP) is 2.48. The molecule has 0 aliphatic rings. The van der Waals surface area contributed by atoms with E-state index in [4.69, 9.17) is 5.26 Å². The summed E-state index contributed by atoms with van der Waals surface area (Å²) >= 11 is 3.10. The summed E-state index contributed by atoms with van der Waals surface area (Å²) in [4.78, 5) is 0. The molecule has 0 saturated heterocycles. The van der Waals surface area contributed by atoms with E-state index in [9.17, 15) is 4.39 Å². The SMILES string of the molecule is N#CNc1ccc(Br)cc1F. The zero-order valence-electron chi connectivity index (χ0n) is 5.44. The van der Waals surface area contributed by atoms with Crippen LogP contribution < -0.4 is 5.32 Å². The highest BCUT2D eigenvalue weighted by atomic mass is 79.9. The van der Waals surface area contributed by atoms with Gasteiger partial charge in [-0.2, -0.15) is 5.26 Å². The van der Waals surface area contributed by atoms with Gasteiger partial charge in [0.2, 0.25) is 0 Å². The molecule has 0 spiro atoms. The molecule has 1 aromatic rings. The van der Waals surface area contributed by atoms with Crippen molar-refractivity contribution >= 4 is 21.6 Å². The van der Waals surface area contributed by atoms with Crippen molar-refractivity contribution in [3.05, 3.63) is 28.5 Å². The van der Waals surface area contributed by atoms with E-state index in [1.807, 2.05) is 0 Å². The number of hydrogen-bond acceptors (Lipinski definition) is 2. The van der Waals surface area contributed by atoms with Crippen LogP contribution in [-0.2, 0) is 0 Å². The maximum atomic E-state index is 12.8. The van der Waals surface area contributed by atoms with Crippen molar-refractivity contribution < 1.29 is 4.39 Å². The zero-order valence-corrected chi connectivity index (χ0v) is 7.02. The van der Waals surface area contributed by atoms with Gasteiger partial charge in [-0.05, 0) is 18.2 Å². The highest BCUT2D eigenvalue weighted by molar-refractivity contribution is 9.10. The number of rotatable bonds is 1. The molecule has 0 radical (unpaired) electrons. The molecule has 4 heteroatoms. The van der Waals surface area contributed by atoms with Crippen molar-refractivity contribution in [2.24, 2.45) is 0 Å². The maximum Gasteiger partial charge on any atom is 0.181 e. The van der Waals surface area contributed by atoms with Crippen LogP contribution in [0.3, 0.4) is 0 Å². The van der Waals surface area contributed by atoms with Crippen LogP contribution in [0.5, 0.6) is 0 Å². The van der Waals surface area contributed by atoms with Crippen LogP contribution in [0.1, 0.15) is 0 Å². The van der Waals surface area contributed by atoms with Gasteiger partial charge in [0, 0.05) is 4.47 Å². The lowest BCUT2D eigenvalue weighted by molar-refractivity contribution is 0.631. The average Bonchev–Trinajstić information content (AvgIpc) is 1.95. The Morgan fingerprint density at radius 3 is 2.82 bits per heavy atom. The first kappa shape index (κ1) is 8.02. The van der Waals surface area contributed by atoms with Gasteiger partial charge < -0.3 is 0 Å². The summed E-state index contributed by atoms with van der Waals surface area (Å²) in [5.41, 5.74) is 0.190. The van der Waals surface area contributed by atoms with Crippen LogP contribution in [0.15, 0.2) is 22.7 Å². The van der Waals surface area contributed by atoms with E-state index >= 15 is 0 Å². The molecule has 1 N–H and O–H groups in total. The molecule has 0 heterocycles. The second-order valence-corrected chi connectivity index (χ2v) is 2.78. The van der Waals surface area contributed by atoms with Gasteiger partial charge in [0.05, 0.1) is 5.69 Å². The van der Waals surface area contributed by atoms with Crippen molar-refractivity contribution in [2.75, 3.05) is 5.32 Å². The molecule has 0 unspecified atom stereocenters. The molecule has 0 aliphatic carbocycles. The predicted molar refractivity (Wildman–Crippen MR) is 43.3 cm³/mol. The first-order valence-corrected chi connectivity index (χ1v) is 3.63. The Morgan fingerprint density at radius 2 is 2.27 bits per heavy atom. The van der Waals surface area contributed by atoms with Crippen molar-refractivity contribution in [1.82, 2.24) is 0 Å². The fourth-order valence-corrected chi connectivity index (χ4v) is 0.984. The Labute approximate surface area is 71.8 Å². The Balaban J connectivity index is 3.01. The van der Waals surface area contributed by atoms with Gasteiger partial charge in [0.15, 0.2) is 6.19 Å². The maximum absolute atomic E-state index is 12.8. The fraction of sp³-hybridized carbons (Fsp3) is 0. The lowest BCUT2D eigenvalue weighted by atomic mass is 10.3. The third kappa shape index (κ3) is 1.92. The molecule has 0 amide bonds. The molecular weight excluding hydrogens is 211 g/mol. The van der Waals surface area contributed by atoms with Crippen LogP contribution in [0.25, 0.3) is 0 Å². The molecule has 0 aliphatic heterocycles. The third-order valence-corrected chi connectivity index (χ3v) is 1.61. The van der Waals surface area contributed by atoms with Crippen LogP contribution in [0.2, 0.25) is 0 Å². The fourth-order valence-electron chi connectivity index (χ4n) is 0.651. The Morgan fingerprint density at radius 1 is 1.55 bits per heavy atom. The Bertz CT molecular complexity index is 306. The second kappa shape index (κ2) is 3.35. The lowest BCUT2D eigenvalue weighted by Crippen LogP contribution is -1.90. The molecule has 1 rings (SSSR count). The van der Waals surface area contributed by atoms with Gasteiger partial charge in [-0.1, -0.05) is 15.9 Å². The highest BCUT2D eigenvalue weighted by Gasteiger charge is 1.99. The smallest absolute Gasteiger partial charge is 0.181 e. The number of nitriles is 1. The van der Waals surface area contributed by atoms with E-state index in [-0.39, 0.29) is 5.69 Å². The van der Waals surface area contributed by atoms with Crippen molar-refractivity contribution in [1.29, 1.82) is 5.26 Å². The molecule has 0 fully saturated rings. The molecule has 56 valence electrons. The first-order chi connectivity index (χ1) is 5.24. The van der Waals surface area contributed by atoms with Gasteiger partial charge in [-0.25, -0.2) is 4.39 Å². The minimum absolute atomic E-state index is 0.190. The third-order valence-electron chi connectivity index (χ3n) is 1.12. The summed E-state index contributed by atoms with van der Waals surface area (Å²) in [6.07, 6.45) is 1.64. The summed E-state index contributed by atoms with van der Waals surface area (Å²) in [7, 11) is 0. The number of hydrogen-bond donors (Lipinski definition) is 1. The summed E-state index contributed by atoms with van der Waals surface area (Å²) in [6, 6.07) is 4.44. The van der Waals surface area contributed by atoms with Crippen molar-refractivity contribution in [3.8, 4) is 6.19 Å². The molecule has 0 saturated carbocycles. The minimum atomic E-state index is -0.444. The van der Waals surface area contributed by atoms with Gasteiger partial charge in [-0.3, -0.25) is 5.32 Å². The van der Waals surface area contributed by atoms with E-state index < -0.39 is 5.82 Å². The molecule has 0 bridgehead atoms. The largest absolute Gasteiger partial charge is 0.290 e. The summed E-state index contributed by atoms with van der Waals surface area (Å²) in [5, 5.41) is 10.4. The van der Waals surface area contributed by atoms with Crippen LogP contribution >= 0.6 is 15.9 Å². The van der Waals surface area contributed by atoms with Crippen molar-refractivity contribution in [2.45, 2.75) is 0 Å². The van der Waals surface area contributed by atoms with E-state index in [1.54, 1.807) is 12.3 Å². The minimum Gasteiger partial charge on any atom is -0.290 e. The van der Waals surface area contributed by atoms with Crippen molar-refractivity contribution in [3.63, 3.8) is 0 Å². The molecule has 1 aromatic carbocycles. The van der Waals surface area contributed by atoms with E-state index in [0.29, 0.717) is 4.47 Å². The average molecular weight is 215 g/mol. The molecule has 0 atom stereocenters. The molecule has 0 aromatic heterocycles. The number of halogens is 2. The quantitative estimate of drug-likeness (QED) is 0.576. The van der Waals surface area contributed by atoms with Gasteiger partial charge in [0.1, 0.15) is 5.82 Å². The van der Waals surface area contributed by atoms with Crippen LogP contribution in [0.4, 0.5) is 10.1 Å². The second-order valence-electron chi connectivity index (χ2n) is 1.86. The zero-order chi connectivity index (χ0) is 8.27. The number of anilines is 1. The Kier molecular flexibility index (Phi) is 2.44. The van der Waals surface area contributed by atoms with Crippen LogP contribution in [0, 0.1) is 17.3 Å². The monoisotopic (exact) mass is 214 g/mol. The summed E-state index contributed by atoms with van der Waals surface area (Å²) < 4.78 is 13.4. The molecule has 11 heavy (non-hydrogen) atoms. The van der Waals surface area contributed by atoms with Crippen LogP contribution in [-0.4, -0.2) is 0 Å². The Hall–Kier alpha value is -1.08. The molecular formula is C7H4BrFN2. The number of nitrogens with one attached hydrogen (secondary N) is 1. The normalized spacial score (nSPS) is 8.82. The van der Waals surface area contributed by atoms with E-state index in [2.05, 4.69) is 21.2 Å². The van der Waals surface area contributed by atoms with E-state index in [1.165, 1.54) is 12.1 Å². The van der Waals surface area contributed by atoms with Gasteiger partial charge >= 0.3 is 0 Å². The summed E-state index contributed by atoms with van der Waals surface area (Å²) in [6.45, 7) is 0. The standard InChI is InChI=1S/C7H4BrFN2/c8-5-1-2-7(11-4-10)6(9)3-5/h1-3,11H.